The van der Waals surface area contributed by atoms with Crippen molar-refractivity contribution in [2.75, 3.05) is 5.32 Å². The number of benzene rings is 2. The van der Waals surface area contributed by atoms with Crippen LogP contribution in [0.25, 0.3) is 10.9 Å². The van der Waals surface area contributed by atoms with E-state index in [1.54, 1.807) is 0 Å². The maximum Gasteiger partial charge on any atom is 0.0457 e. The summed E-state index contributed by atoms with van der Waals surface area (Å²) < 4.78 is 0. The van der Waals surface area contributed by atoms with Gasteiger partial charge < -0.3 is 10.3 Å². The fourth-order valence-corrected chi connectivity index (χ4v) is 2.35. The summed E-state index contributed by atoms with van der Waals surface area (Å²) in [5, 5.41) is 4.79. The van der Waals surface area contributed by atoms with Crippen molar-refractivity contribution < 1.29 is 0 Å². The molecule has 0 aliphatic rings. The van der Waals surface area contributed by atoms with Gasteiger partial charge in [0.15, 0.2) is 0 Å². The first kappa shape index (κ1) is 11.8. The molecule has 0 fully saturated rings. The van der Waals surface area contributed by atoms with Gasteiger partial charge in [0, 0.05) is 29.3 Å². The second-order valence-corrected chi connectivity index (χ2v) is 5.01. The fourth-order valence-electron chi connectivity index (χ4n) is 2.35. The first-order chi connectivity index (χ1) is 9.24. The van der Waals surface area contributed by atoms with E-state index in [0.29, 0.717) is 0 Å². The number of hydrogen-bond acceptors (Lipinski definition) is 1. The highest BCUT2D eigenvalue weighted by Gasteiger charge is 2.02. The van der Waals surface area contributed by atoms with Gasteiger partial charge in [-0.1, -0.05) is 18.2 Å². The molecule has 2 nitrogen and oxygen atoms in total. The Balaban J connectivity index is 1.82. The van der Waals surface area contributed by atoms with Crippen LogP contribution in [0.3, 0.4) is 0 Å². The summed E-state index contributed by atoms with van der Waals surface area (Å²) in [6.07, 6.45) is 1.99. The summed E-state index contributed by atoms with van der Waals surface area (Å²) in [4.78, 5) is 3.25. The van der Waals surface area contributed by atoms with Gasteiger partial charge in [-0.25, -0.2) is 0 Å². The molecule has 2 aromatic carbocycles. The molecule has 0 saturated carbocycles. The summed E-state index contributed by atoms with van der Waals surface area (Å²) in [6.45, 7) is 5.13. The van der Waals surface area contributed by atoms with Gasteiger partial charge in [0.25, 0.3) is 0 Å². The predicted molar refractivity (Wildman–Crippen MR) is 81.5 cm³/mol. The minimum atomic E-state index is 0.845. The Morgan fingerprint density at radius 2 is 1.89 bits per heavy atom. The predicted octanol–water partition coefficient (Wildman–Crippen LogP) is 4.40. The number of H-pyrrole nitrogens is 1. The standard InChI is InChI=1S/C17H18N2/c1-12-6-7-15(10-13(12)2)19-11-14-4-3-5-17-16(14)8-9-18-17/h3-10,18-19H,11H2,1-2H3. The molecule has 0 atom stereocenters. The molecule has 0 saturated heterocycles. The van der Waals surface area contributed by atoms with Crippen LogP contribution < -0.4 is 5.32 Å². The van der Waals surface area contributed by atoms with Crippen LogP contribution >= 0.6 is 0 Å². The largest absolute Gasteiger partial charge is 0.381 e. The number of nitrogens with one attached hydrogen (secondary N) is 2. The lowest BCUT2D eigenvalue weighted by atomic mass is 10.1. The quantitative estimate of drug-likeness (QED) is 0.708. The summed E-state index contributed by atoms with van der Waals surface area (Å²) in [6, 6.07) is 15.0. The molecule has 1 aromatic heterocycles. The van der Waals surface area contributed by atoms with Crippen LogP contribution in [0.5, 0.6) is 0 Å². The zero-order valence-electron chi connectivity index (χ0n) is 11.3. The monoisotopic (exact) mass is 250 g/mol. The fraction of sp³-hybridized carbons (Fsp3) is 0.176. The number of anilines is 1. The van der Waals surface area contributed by atoms with Gasteiger partial charge in [0.1, 0.15) is 0 Å². The van der Waals surface area contributed by atoms with Gasteiger partial charge in [0.05, 0.1) is 0 Å². The lowest BCUT2D eigenvalue weighted by Gasteiger charge is -2.09. The molecule has 0 spiro atoms. The maximum atomic E-state index is 3.50. The Bertz CT molecular complexity index is 710. The summed E-state index contributed by atoms with van der Waals surface area (Å²) in [5.41, 5.74) is 6.34. The second kappa shape index (κ2) is 4.81. The molecule has 2 heteroatoms. The maximum absolute atomic E-state index is 3.50. The lowest BCUT2D eigenvalue weighted by molar-refractivity contribution is 1.16. The van der Waals surface area contributed by atoms with E-state index in [9.17, 15) is 0 Å². The minimum absolute atomic E-state index is 0.845. The summed E-state index contributed by atoms with van der Waals surface area (Å²) in [7, 11) is 0. The molecular formula is C17H18N2. The van der Waals surface area contributed by atoms with Gasteiger partial charge in [0.2, 0.25) is 0 Å². The van der Waals surface area contributed by atoms with Crippen LogP contribution in [0, 0.1) is 13.8 Å². The van der Waals surface area contributed by atoms with Gasteiger partial charge in [-0.05, 0) is 54.8 Å². The Morgan fingerprint density at radius 1 is 1.00 bits per heavy atom. The van der Waals surface area contributed by atoms with Crippen molar-refractivity contribution in [3.05, 3.63) is 65.4 Å². The topological polar surface area (TPSA) is 27.8 Å². The van der Waals surface area contributed by atoms with Crippen molar-refractivity contribution in [1.29, 1.82) is 0 Å². The van der Waals surface area contributed by atoms with Crippen LogP contribution in [0.2, 0.25) is 0 Å². The van der Waals surface area contributed by atoms with Crippen LogP contribution in [-0.2, 0) is 6.54 Å². The van der Waals surface area contributed by atoms with Crippen LogP contribution in [0.1, 0.15) is 16.7 Å². The number of hydrogen-bond donors (Lipinski definition) is 2. The number of aryl methyl sites for hydroxylation is 2. The van der Waals surface area contributed by atoms with E-state index in [0.717, 1.165) is 6.54 Å². The van der Waals surface area contributed by atoms with Crippen molar-refractivity contribution >= 4 is 16.6 Å². The van der Waals surface area contributed by atoms with Gasteiger partial charge in [-0.3, -0.25) is 0 Å². The highest BCUT2D eigenvalue weighted by Crippen LogP contribution is 2.20. The second-order valence-electron chi connectivity index (χ2n) is 5.01. The van der Waals surface area contributed by atoms with Crippen molar-refractivity contribution in [2.45, 2.75) is 20.4 Å². The van der Waals surface area contributed by atoms with Crippen LogP contribution in [-0.4, -0.2) is 4.98 Å². The normalized spacial score (nSPS) is 10.8. The smallest absolute Gasteiger partial charge is 0.0457 e. The molecular weight excluding hydrogens is 232 g/mol. The third-order valence-corrected chi connectivity index (χ3v) is 3.68. The molecule has 3 aromatic rings. The molecule has 1 heterocycles. The number of rotatable bonds is 3. The molecule has 3 rings (SSSR count). The molecule has 0 amide bonds. The van der Waals surface area contributed by atoms with E-state index in [1.165, 1.54) is 33.3 Å². The van der Waals surface area contributed by atoms with E-state index in [4.69, 9.17) is 0 Å². The van der Waals surface area contributed by atoms with Gasteiger partial charge in [-0.15, -0.1) is 0 Å². The van der Waals surface area contributed by atoms with E-state index in [1.807, 2.05) is 6.20 Å². The molecule has 19 heavy (non-hydrogen) atoms. The Kier molecular flexibility index (Phi) is 3.00. The molecule has 96 valence electrons. The Morgan fingerprint density at radius 3 is 2.74 bits per heavy atom. The van der Waals surface area contributed by atoms with E-state index in [-0.39, 0.29) is 0 Å². The highest BCUT2D eigenvalue weighted by molar-refractivity contribution is 5.83. The number of aromatic amines is 1. The van der Waals surface area contributed by atoms with Crippen molar-refractivity contribution in [3.8, 4) is 0 Å². The van der Waals surface area contributed by atoms with E-state index < -0.39 is 0 Å². The molecule has 0 aliphatic carbocycles. The van der Waals surface area contributed by atoms with Crippen LogP contribution in [0.4, 0.5) is 5.69 Å². The average molecular weight is 250 g/mol. The Labute approximate surface area is 113 Å². The Hall–Kier alpha value is -2.22. The first-order valence-electron chi connectivity index (χ1n) is 6.60. The third-order valence-electron chi connectivity index (χ3n) is 3.68. The molecule has 0 bridgehead atoms. The van der Waals surface area contributed by atoms with Gasteiger partial charge in [-0.2, -0.15) is 0 Å². The summed E-state index contributed by atoms with van der Waals surface area (Å²) >= 11 is 0. The van der Waals surface area contributed by atoms with E-state index in [2.05, 4.69) is 66.6 Å². The SMILES string of the molecule is Cc1ccc(NCc2cccc3[nH]ccc23)cc1C. The zero-order chi connectivity index (χ0) is 13.2. The van der Waals surface area contributed by atoms with Crippen molar-refractivity contribution in [2.24, 2.45) is 0 Å². The van der Waals surface area contributed by atoms with Crippen molar-refractivity contribution in [1.82, 2.24) is 4.98 Å². The lowest BCUT2D eigenvalue weighted by Crippen LogP contribution is -2.00. The van der Waals surface area contributed by atoms with E-state index >= 15 is 0 Å². The van der Waals surface area contributed by atoms with Crippen LogP contribution in [0.15, 0.2) is 48.7 Å². The first-order valence-corrected chi connectivity index (χ1v) is 6.60. The highest BCUT2D eigenvalue weighted by atomic mass is 14.9. The van der Waals surface area contributed by atoms with Gasteiger partial charge >= 0.3 is 0 Å². The molecule has 2 N–H and O–H groups in total. The zero-order valence-corrected chi connectivity index (χ0v) is 11.3. The third kappa shape index (κ3) is 2.34. The molecule has 0 radical (unpaired) electrons. The van der Waals surface area contributed by atoms with Crippen molar-refractivity contribution in [3.63, 3.8) is 0 Å². The average Bonchev–Trinajstić information content (AvgIpc) is 2.89. The molecule has 0 unspecified atom stereocenters. The molecule has 0 aliphatic heterocycles. The number of aromatic nitrogens is 1. The number of fused-ring (bicyclic) bond motifs is 1. The summed E-state index contributed by atoms with van der Waals surface area (Å²) in [5.74, 6) is 0. The minimum Gasteiger partial charge on any atom is -0.381 e.